The van der Waals surface area contributed by atoms with Gasteiger partial charge in [-0.3, -0.25) is 9.20 Å². The number of carbonyl (C=O) groups is 1. The second-order valence-electron chi connectivity index (χ2n) is 8.65. The average molecular weight is 479 g/mol. The number of rotatable bonds is 7. The van der Waals surface area contributed by atoms with Crippen molar-refractivity contribution in [2.75, 3.05) is 5.32 Å². The summed E-state index contributed by atoms with van der Waals surface area (Å²) in [7, 11) is 0. The number of nitrogens with one attached hydrogen (secondary N) is 2. The fraction of sp³-hybridized carbons (Fsp3) is 0.154. The monoisotopic (exact) mass is 478 g/mol. The minimum absolute atomic E-state index is 0.0744. The van der Waals surface area contributed by atoms with Gasteiger partial charge in [0.2, 0.25) is 11.8 Å². The van der Waals surface area contributed by atoms with Gasteiger partial charge in [-0.15, -0.1) is 10.2 Å². The van der Waals surface area contributed by atoms with Crippen molar-refractivity contribution in [3.63, 3.8) is 0 Å². The van der Waals surface area contributed by atoms with Gasteiger partial charge in [-0.05, 0) is 67.3 Å². The van der Waals surface area contributed by atoms with E-state index >= 15 is 0 Å². The Morgan fingerprint density at radius 2 is 2.00 bits per heavy atom. The third-order valence-electron chi connectivity index (χ3n) is 5.83. The molecule has 1 saturated carbocycles. The largest absolute Gasteiger partial charge is 0.439 e. The number of aryl methyl sites for hydroxylation is 1. The zero-order valence-corrected chi connectivity index (χ0v) is 19.4. The molecule has 0 saturated heterocycles. The molecular formula is C26H22N8O2. The molecule has 5 aromatic rings. The van der Waals surface area contributed by atoms with Crippen molar-refractivity contribution in [2.45, 2.75) is 25.8 Å². The van der Waals surface area contributed by atoms with Gasteiger partial charge in [0.05, 0.1) is 5.52 Å². The highest BCUT2D eigenvalue weighted by Gasteiger charge is 2.22. The lowest BCUT2D eigenvalue weighted by atomic mass is 10.1. The molecule has 0 radical (unpaired) electrons. The number of carbonyl (C=O) groups excluding carboxylic acids is 1. The van der Waals surface area contributed by atoms with Crippen LogP contribution < -0.4 is 15.4 Å². The lowest BCUT2D eigenvalue weighted by Crippen LogP contribution is -2.22. The second-order valence-corrected chi connectivity index (χ2v) is 8.65. The number of amides is 1. The first-order chi connectivity index (χ1) is 17.6. The van der Waals surface area contributed by atoms with Crippen LogP contribution in [0.1, 0.15) is 24.0 Å². The number of benzene rings is 2. The summed E-state index contributed by atoms with van der Waals surface area (Å²) >= 11 is 0. The molecule has 3 aromatic heterocycles. The van der Waals surface area contributed by atoms with Crippen molar-refractivity contribution in [3.8, 4) is 11.6 Å². The van der Waals surface area contributed by atoms with Gasteiger partial charge in [0, 0.05) is 29.3 Å². The Morgan fingerprint density at radius 3 is 2.86 bits per heavy atom. The van der Waals surface area contributed by atoms with Gasteiger partial charge in [0.25, 0.3) is 0 Å². The van der Waals surface area contributed by atoms with Gasteiger partial charge < -0.3 is 15.4 Å². The zero-order chi connectivity index (χ0) is 24.5. The lowest BCUT2D eigenvalue weighted by molar-refractivity contribution is -0.116. The van der Waals surface area contributed by atoms with Crippen molar-refractivity contribution in [1.29, 1.82) is 0 Å². The molecular weight excluding hydrogens is 456 g/mol. The van der Waals surface area contributed by atoms with Crippen LogP contribution in [0.2, 0.25) is 0 Å². The Kier molecular flexibility index (Phi) is 5.45. The van der Waals surface area contributed by atoms with E-state index in [1.807, 2.05) is 43.3 Å². The van der Waals surface area contributed by atoms with E-state index in [4.69, 9.17) is 4.74 Å². The highest BCUT2D eigenvalue weighted by molar-refractivity contribution is 5.95. The maximum absolute atomic E-state index is 12.0. The van der Waals surface area contributed by atoms with Crippen LogP contribution in [0, 0.1) is 6.92 Å². The molecule has 6 rings (SSSR count). The average Bonchev–Trinajstić information content (AvgIpc) is 3.57. The Labute approximate surface area is 206 Å². The Morgan fingerprint density at radius 1 is 1.08 bits per heavy atom. The fourth-order valence-corrected chi connectivity index (χ4v) is 3.78. The number of fused-ring (bicyclic) bond motifs is 2. The molecule has 178 valence electrons. The summed E-state index contributed by atoms with van der Waals surface area (Å²) in [6.07, 6.45) is 10.2. The topological polar surface area (TPSA) is 119 Å². The highest BCUT2D eigenvalue weighted by atomic mass is 16.5. The van der Waals surface area contributed by atoms with Gasteiger partial charge in [-0.25, -0.2) is 15.0 Å². The van der Waals surface area contributed by atoms with E-state index in [-0.39, 0.29) is 5.91 Å². The molecule has 0 spiro atoms. The predicted octanol–water partition coefficient (Wildman–Crippen LogP) is 4.20. The maximum atomic E-state index is 12.0. The summed E-state index contributed by atoms with van der Waals surface area (Å²) in [6, 6.07) is 13.6. The number of aromatic nitrogens is 6. The van der Waals surface area contributed by atoms with E-state index in [0.717, 1.165) is 40.6 Å². The Balaban J connectivity index is 1.21. The third-order valence-corrected chi connectivity index (χ3v) is 5.83. The second kappa shape index (κ2) is 9.06. The van der Waals surface area contributed by atoms with Crippen LogP contribution in [0.25, 0.3) is 22.6 Å². The number of anilines is 2. The molecule has 2 aromatic carbocycles. The quantitative estimate of drug-likeness (QED) is 0.334. The molecule has 10 heteroatoms. The molecule has 10 nitrogen and oxygen atoms in total. The van der Waals surface area contributed by atoms with E-state index in [2.05, 4.69) is 35.8 Å². The van der Waals surface area contributed by atoms with Crippen LogP contribution in [0.5, 0.6) is 11.6 Å². The maximum Gasteiger partial charge on any atom is 0.244 e. The van der Waals surface area contributed by atoms with Crippen LogP contribution in [0.15, 0.2) is 67.5 Å². The van der Waals surface area contributed by atoms with Crippen LogP contribution in [0.4, 0.5) is 11.5 Å². The summed E-state index contributed by atoms with van der Waals surface area (Å²) in [5.74, 6) is 1.72. The van der Waals surface area contributed by atoms with E-state index in [0.29, 0.717) is 29.1 Å². The summed E-state index contributed by atoms with van der Waals surface area (Å²) in [5, 5.41) is 15.1. The standard InChI is InChI=1S/C26H22N8O2/c1-16-10-19(6-8-22(16)36-25-12-23-33-30-15-34(23)14-29-25)32-26-20-11-17(2-7-21(20)27-13-28-26)3-9-24(35)31-18-4-5-18/h2-3,6-15,18H,4-5H2,1H3,(H,31,35)(H,27,28,32). The first-order valence-corrected chi connectivity index (χ1v) is 11.5. The Hall–Kier alpha value is -4.86. The molecule has 0 aliphatic heterocycles. The lowest BCUT2D eigenvalue weighted by Gasteiger charge is -2.12. The summed E-state index contributed by atoms with van der Waals surface area (Å²) in [4.78, 5) is 25.1. The molecule has 2 N–H and O–H groups in total. The first-order valence-electron chi connectivity index (χ1n) is 11.5. The highest BCUT2D eigenvalue weighted by Crippen LogP contribution is 2.30. The molecule has 3 heterocycles. The first kappa shape index (κ1) is 21.7. The van der Waals surface area contributed by atoms with Crippen LogP contribution in [-0.2, 0) is 4.79 Å². The summed E-state index contributed by atoms with van der Waals surface area (Å²) < 4.78 is 7.68. The molecule has 1 aliphatic carbocycles. The van der Waals surface area contributed by atoms with Gasteiger partial charge in [0.1, 0.15) is 30.5 Å². The molecule has 36 heavy (non-hydrogen) atoms. The van der Waals surface area contributed by atoms with Gasteiger partial charge in [0.15, 0.2) is 5.65 Å². The van der Waals surface area contributed by atoms with Crippen LogP contribution in [-0.4, -0.2) is 41.5 Å². The van der Waals surface area contributed by atoms with Crippen molar-refractivity contribution < 1.29 is 9.53 Å². The number of nitrogens with zero attached hydrogens (tertiary/aromatic N) is 6. The molecule has 1 fully saturated rings. The SMILES string of the molecule is Cc1cc(Nc2ncnc3ccc(C=CC(=O)NC4CC4)cc23)ccc1Oc1cc2nncn2cn1. The Bertz CT molecular complexity index is 1620. The number of hydrogen-bond acceptors (Lipinski definition) is 8. The fourth-order valence-electron chi connectivity index (χ4n) is 3.78. The predicted molar refractivity (Wildman–Crippen MR) is 135 cm³/mol. The van der Waals surface area contributed by atoms with Crippen molar-refractivity contribution in [3.05, 3.63) is 78.6 Å². The molecule has 0 atom stereocenters. The summed E-state index contributed by atoms with van der Waals surface area (Å²) in [5.41, 5.74) is 4.13. The molecule has 1 amide bonds. The van der Waals surface area contributed by atoms with E-state index in [9.17, 15) is 4.79 Å². The van der Waals surface area contributed by atoms with Gasteiger partial charge in [-0.2, -0.15) is 0 Å². The smallest absolute Gasteiger partial charge is 0.244 e. The minimum Gasteiger partial charge on any atom is -0.439 e. The van der Waals surface area contributed by atoms with Crippen molar-refractivity contribution in [1.82, 2.24) is 34.9 Å². The van der Waals surface area contributed by atoms with Crippen LogP contribution in [0.3, 0.4) is 0 Å². The number of ether oxygens (including phenoxy) is 1. The zero-order valence-electron chi connectivity index (χ0n) is 19.4. The third kappa shape index (κ3) is 4.69. The normalized spacial score (nSPS) is 13.4. The van der Waals surface area contributed by atoms with E-state index < -0.39 is 0 Å². The number of hydrogen-bond donors (Lipinski definition) is 2. The van der Waals surface area contributed by atoms with Crippen molar-refractivity contribution >= 4 is 40.0 Å². The van der Waals surface area contributed by atoms with Gasteiger partial charge in [-0.1, -0.05) is 6.07 Å². The molecule has 0 unspecified atom stereocenters. The molecule has 0 bridgehead atoms. The van der Waals surface area contributed by atoms with Crippen molar-refractivity contribution in [2.24, 2.45) is 0 Å². The minimum atomic E-state index is -0.0744. The van der Waals surface area contributed by atoms with E-state index in [1.165, 1.54) is 6.33 Å². The molecule has 1 aliphatic rings. The van der Waals surface area contributed by atoms with E-state index in [1.54, 1.807) is 35.3 Å². The van der Waals surface area contributed by atoms with Crippen LogP contribution >= 0.6 is 0 Å². The van der Waals surface area contributed by atoms with Gasteiger partial charge >= 0.3 is 0 Å². The summed E-state index contributed by atoms with van der Waals surface area (Å²) in [6.45, 7) is 1.96.